The second kappa shape index (κ2) is 5.14. The maximum absolute atomic E-state index is 11.9. The number of rotatable bonds is 3. The Labute approximate surface area is 107 Å². The van der Waals surface area contributed by atoms with Crippen LogP contribution in [0.15, 0.2) is 47.5 Å². The second-order valence-corrected chi connectivity index (χ2v) is 4.35. The molecule has 4 nitrogen and oxygen atoms in total. The van der Waals surface area contributed by atoms with Gasteiger partial charge in [0.15, 0.2) is 6.10 Å². The number of ether oxygens (including phenoxy) is 1. The summed E-state index contributed by atoms with van der Waals surface area (Å²) in [5, 5.41) is 0. The van der Waals surface area contributed by atoms with Crippen molar-refractivity contribution >= 4 is 21.8 Å². The molecule has 0 aliphatic heterocycles. The number of carbonyl (C=O) groups is 1. The van der Waals surface area contributed by atoms with Crippen molar-refractivity contribution in [1.29, 1.82) is 0 Å². The number of hydrogen-bond donors (Lipinski definition) is 0. The number of para-hydroxylation sites is 1. The van der Waals surface area contributed by atoms with Gasteiger partial charge in [-0.05, 0) is 35.0 Å². The molecule has 0 N–H and O–H groups in total. The van der Waals surface area contributed by atoms with E-state index in [0.717, 1.165) is 4.47 Å². The Morgan fingerprint density at radius 2 is 2.24 bits per heavy atom. The van der Waals surface area contributed by atoms with Gasteiger partial charge in [-0.2, -0.15) is 0 Å². The summed E-state index contributed by atoms with van der Waals surface area (Å²) < 4.78 is 7.81. The summed E-state index contributed by atoms with van der Waals surface area (Å²) in [6.45, 7) is 1.71. The number of carbonyl (C=O) groups excluding carboxylic acids is 1. The summed E-state index contributed by atoms with van der Waals surface area (Å²) in [6.07, 6.45) is 4.05. The van der Waals surface area contributed by atoms with Crippen LogP contribution in [-0.4, -0.2) is 21.6 Å². The highest BCUT2D eigenvalue weighted by atomic mass is 79.9. The fourth-order valence-corrected chi connectivity index (χ4v) is 1.76. The predicted molar refractivity (Wildman–Crippen MR) is 67.1 cm³/mol. The maximum Gasteiger partial charge on any atom is 0.272 e. The molecule has 0 radical (unpaired) electrons. The molecule has 0 aliphatic rings. The van der Waals surface area contributed by atoms with E-state index in [0.29, 0.717) is 5.75 Å². The van der Waals surface area contributed by atoms with Gasteiger partial charge in [0.2, 0.25) is 0 Å². The van der Waals surface area contributed by atoms with Crippen molar-refractivity contribution in [2.75, 3.05) is 0 Å². The number of aromatic nitrogens is 2. The molecule has 0 saturated heterocycles. The average Bonchev–Trinajstić information content (AvgIpc) is 2.84. The standard InChI is InChI=1S/C12H11BrN2O2/c1-9(12(16)15-7-6-14-8-15)17-11-5-3-2-4-10(11)13/h2-9H,1H3. The van der Waals surface area contributed by atoms with Gasteiger partial charge in [-0.15, -0.1) is 0 Å². The zero-order chi connectivity index (χ0) is 12.3. The highest BCUT2D eigenvalue weighted by molar-refractivity contribution is 9.10. The molecule has 5 heteroatoms. The first-order valence-electron chi connectivity index (χ1n) is 5.12. The van der Waals surface area contributed by atoms with E-state index >= 15 is 0 Å². The molecule has 17 heavy (non-hydrogen) atoms. The lowest BCUT2D eigenvalue weighted by atomic mass is 10.3. The van der Waals surface area contributed by atoms with E-state index < -0.39 is 6.10 Å². The van der Waals surface area contributed by atoms with Gasteiger partial charge in [-0.25, -0.2) is 4.98 Å². The zero-order valence-corrected chi connectivity index (χ0v) is 10.8. The third-order valence-corrected chi connectivity index (χ3v) is 2.90. The molecule has 88 valence electrons. The fourth-order valence-electron chi connectivity index (χ4n) is 1.38. The molecule has 2 rings (SSSR count). The molecule has 0 saturated carbocycles. The number of halogens is 1. The normalized spacial score (nSPS) is 12.1. The van der Waals surface area contributed by atoms with Crippen LogP contribution in [0.2, 0.25) is 0 Å². The van der Waals surface area contributed by atoms with Crippen molar-refractivity contribution in [3.05, 3.63) is 47.5 Å². The van der Waals surface area contributed by atoms with Crippen molar-refractivity contribution in [2.24, 2.45) is 0 Å². The Kier molecular flexibility index (Phi) is 3.58. The van der Waals surface area contributed by atoms with Gasteiger partial charge in [0.1, 0.15) is 12.1 Å². The van der Waals surface area contributed by atoms with Crippen LogP contribution in [0.4, 0.5) is 0 Å². The number of imidazole rings is 1. The average molecular weight is 295 g/mol. The van der Waals surface area contributed by atoms with Crippen LogP contribution in [0.25, 0.3) is 0 Å². The van der Waals surface area contributed by atoms with E-state index in [1.165, 1.54) is 10.9 Å². The molecule has 0 bridgehead atoms. The minimum Gasteiger partial charge on any atom is -0.480 e. The first-order chi connectivity index (χ1) is 8.18. The Hall–Kier alpha value is -1.62. The van der Waals surface area contributed by atoms with Crippen molar-refractivity contribution in [3.63, 3.8) is 0 Å². The van der Waals surface area contributed by atoms with Crippen LogP contribution in [0, 0.1) is 0 Å². The van der Waals surface area contributed by atoms with Gasteiger partial charge in [-0.1, -0.05) is 12.1 Å². The van der Waals surface area contributed by atoms with E-state index in [4.69, 9.17) is 4.74 Å². The van der Waals surface area contributed by atoms with Gasteiger partial charge in [0, 0.05) is 12.4 Å². The van der Waals surface area contributed by atoms with Gasteiger partial charge in [-0.3, -0.25) is 9.36 Å². The molecule has 0 aliphatic carbocycles. The Morgan fingerprint density at radius 3 is 2.88 bits per heavy atom. The first kappa shape index (κ1) is 11.9. The van der Waals surface area contributed by atoms with E-state index in [2.05, 4.69) is 20.9 Å². The van der Waals surface area contributed by atoms with E-state index in [-0.39, 0.29) is 5.91 Å². The Morgan fingerprint density at radius 1 is 1.47 bits per heavy atom. The van der Waals surface area contributed by atoms with Crippen molar-refractivity contribution in [2.45, 2.75) is 13.0 Å². The summed E-state index contributed by atoms with van der Waals surface area (Å²) >= 11 is 3.37. The van der Waals surface area contributed by atoms with Crippen LogP contribution in [0.1, 0.15) is 11.7 Å². The smallest absolute Gasteiger partial charge is 0.272 e. The molecule has 0 amide bonds. The third-order valence-electron chi connectivity index (χ3n) is 2.25. The molecule has 1 aromatic carbocycles. The highest BCUT2D eigenvalue weighted by Crippen LogP contribution is 2.24. The van der Waals surface area contributed by atoms with Crippen LogP contribution in [0.3, 0.4) is 0 Å². The van der Waals surface area contributed by atoms with E-state index in [1.807, 2.05) is 24.3 Å². The minimum atomic E-state index is -0.567. The van der Waals surface area contributed by atoms with Crippen LogP contribution >= 0.6 is 15.9 Å². The predicted octanol–water partition coefficient (Wildman–Crippen LogP) is 2.75. The summed E-state index contributed by atoms with van der Waals surface area (Å²) in [5.74, 6) is 0.492. The molecule has 1 atom stereocenters. The van der Waals surface area contributed by atoms with Crippen LogP contribution < -0.4 is 4.74 Å². The molecule has 1 heterocycles. The topological polar surface area (TPSA) is 44.1 Å². The minimum absolute atomic E-state index is 0.154. The van der Waals surface area contributed by atoms with Crippen molar-refractivity contribution in [3.8, 4) is 5.75 Å². The molecule has 2 aromatic rings. The lowest BCUT2D eigenvalue weighted by Crippen LogP contribution is -2.28. The van der Waals surface area contributed by atoms with Crippen LogP contribution in [0.5, 0.6) is 5.75 Å². The Bertz CT molecular complexity index is 511. The molecule has 1 aromatic heterocycles. The van der Waals surface area contributed by atoms with Crippen molar-refractivity contribution < 1.29 is 9.53 Å². The summed E-state index contributed by atoms with van der Waals surface area (Å²) in [6, 6.07) is 7.42. The SMILES string of the molecule is CC(Oc1ccccc1Br)C(=O)n1ccnc1. The second-order valence-electron chi connectivity index (χ2n) is 3.50. The van der Waals surface area contributed by atoms with Gasteiger partial charge in [0.25, 0.3) is 5.91 Å². The number of nitrogens with zero attached hydrogens (tertiary/aromatic N) is 2. The van der Waals surface area contributed by atoms with Gasteiger partial charge in [0.05, 0.1) is 4.47 Å². The summed E-state index contributed by atoms with van der Waals surface area (Å²) in [5.41, 5.74) is 0. The fraction of sp³-hybridized carbons (Fsp3) is 0.167. The molecule has 0 spiro atoms. The molecule has 0 fully saturated rings. The Balaban J connectivity index is 2.10. The quantitative estimate of drug-likeness (QED) is 0.874. The largest absolute Gasteiger partial charge is 0.480 e. The zero-order valence-electron chi connectivity index (χ0n) is 9.21. The van der Waals surface area contributed by atoms with Crippen LogP contribution in [-0.2, 0) is 0 Å². The molecule has 1 unspecified atom stereocenters. The van der Waals surface area contributed by atoms with Gasteiger partial charge < -0.3 is 4.74 Å². The highest BCUT2D eigenvalue weighted by Gasteiger charge is 2.17. The monoisotopic (exact) mass is 294 g/mol. The summed E-state index contributed by atoms with van der Waals surface area (Å²) in [4.78, 5) is 15.7. The lowest BCUT2D eigenvalue weighted by Gasteiger charge is -2.14. The molecular formula is C12H11BrN2O2. The summed E-state index contributed by atoms with van der Waals surface area (Å²) in [7, 11) is 0. The third kappa shape index (κ3) is 2.74. The maximum atomic E-state index is 11.9. The van der Waals surface area contributed by atoms with Gasteiger partial charge >= 0.3 is 0 Å². The van der Waals surface area contributed by atoms with E-state index in [9.17, 15) is 4.79 Å². The number of hydrogen-bond acceptors (Lipinski definition) is 3. The first-order valence-corrected chi connectivity index (χ1v) is 5.91. The number of benzene rings is 1. The van der Waals surface area contributed by atoms with Crippen molar-refractivity contribution in [1.82, 2.24) is 9.55 Å². The molecular weight excluding hydrogens is 284 g/mol. The van der Waals surface area contributed by atoms with E-state index in [1.54, 1.807) is 19.3 Å². The lowest BCUT2D eigenvalue weighted by molar-refractivity contribution is 0.0726.